The summed E-state index contributed by atoms with van der Waals surface area (Å²) in [5, 5.41) is 3.07. The minimum Gasteiger partial charge on any atom is -0.482 e. The van der Waals surface area contributed by atoms with Crippen LogP contribution < -0.4 is 15.8 Å². The molecule has 6 heteroatoms. The van der Waals surface area contributed by atoms with Crippen molar-refractivity contribution in [2.45, 2.75) is 25.3 Å². The van der Waals surface area contributed by atoms with Crippen LogP contribution in [0.25, 0.3) is 0 Å². The van der Waals surface area contributed by atoms with E-state index in [1.165, 1.54) is 12.1 Å². The van der Waals surface area contributed by atoms with Gasteiger partial charge < -0.3 is 15.8 Å². The van der Waals surface area contributed by atoms with Crippen LogP contribution in [0.15, 0.2) is 18.2 Å². The lowest BCUT2D eigenvalue weighted by Gasteiger charge is -2.19. The first-order valence-corrected chi connectivity index (χ1v) is 7.05. The summed E-state index contributed by atoms with van der Waals surface area (Å²) in [5.74, 6) is -0.0161. The van der Waals surface area contributed by atoms with Crippen LogP contribution in [0.5, 0.6) is 5.75 Å². The lowest BCUT2D eigenvalue weighted by molar-refractivity contribution is -0.124. The highest BCUT2D eigenvalue weighted by Crippen LogP contribution is 2.26. The summed E-state index contributed by atoms with van der Waals surface area (Å²) in [6.07, 6.45) is 3.08. The second kappa shape index (κ2) is 6.90. The number of hydrogen-bond acceptors (Lipinski definition) is 3. The largest absolute Gasteiger partial charge is 0.482 e. The molecule has 0 radical (unpaired) electrons. The number of ether oxygens (including phenoxy) is 1. The smallest absolute Gasteiger partial charge is 0.258 e. The molecular weight excluding hydrogens is 283 g/mol. The van der Waals surface area contributed by atoms with Crippen LogP contribution in [0.3, 0.4) is 0 Å². The Labute approximate surface area is 122 Å². The van der Waals surface area contributed by atoms with Crippen molar-refractivity contribution >= 4 is 17.5 Å². The Morgan fingerprint density at radius 2 is 2.30 bits per heavy atom. The summed E-state index contributed by atoms with van der Waals surface area (Å²) < 4.78 is 18.2. The van der Waals surface area contributed by atoms with Gasteiger partial charge in [-0.15, -0.1) is 0 Å². The van der Waals surface area contributed by atoms with E-state index in [-0.39, 0.29) is 23.6 Å². The fraction of sp³-hybridized carbons (Fsp3) is 0.500. The van der Waals surface area contributed by atoms with Crippen molar-refractivity contribution in [3.05, 3.63) is 29.0 Å². The van der Waals surface area contributed by atoms with Gasteiger partial charge in [0, 0.05) is 6.04 Å². The van der Waals surface area contributed by atoms with E-state index in [0.29, 0.717) is 18.2 Å². The predicted octanol–water partition coefficient (Wildman–Crippen LogP) is 2.10. The van der Waals surface area contributed by atoms with Gasteiger partial charge in [0.15, 0.2) is 6.61 Å². The SMILES string of the molecule is NCC1CCCC1NC(=O)COc1ccc(F)cc1Cl. The highest BCUT2D eigenvalue weighted by atomic mass is 35.5. The summed E-state index contributed by atoms with van der Waals surface area (Å²) in [7, 11) is 0. The van der Waals surface area contributed by atoms with Crippen molar-refractivity contribution in [2.24, 2.45) is 11.7 Å². The topological polar surface area (TPSA) is 64.3 Å². The first-order chi connectivity index (χ1) is 9.60. The first kappa shape index (κ1) is 15.1. The third-order valence-corrected chi connectivity index (χ3v) is 3.86. The van der Waals surface area contributed by atoms with E-state index in [1.807, 2.05) is 0 Å². The Morgan fingerprint density at radius 1 is 1.50 bits per heavy atom. The molecule has 2 rings (SSSR count). The Hall–Kier alpha value is -1.33. The Balaban J connectivity index is 1.83. The monoisotopic (exact) mass is 300 g/mol. The summed E-state index contributed by atoms with van der Waals surface area (Å²) in [6.45, 7) is 0.439. The molecule has 1 aliphatic rings. The zero-order chi connectivity index (χ0) is 14.5. The third kappa shape index (κ3) is 3.84. The molecule has 1 amide bonds. The number of amides is 1. The first-order valence-electron chi connectivity index (χ1n) is 6.67. The van der Waals surface area contributed by atoms with Crippen molar-refractivity contribution in [1.29, 1.82) is 0 Å². The van der Waals surface area contributed by atoms with Crippen LogP contribution in [0.4, 0.5) is 4.39 Å². The van der Waals surface area contributed by atoms with E-state index in [4.69, 9.17) is 22.1 Å². The maximum absolute atomic E-state index is 12.9. The van der Waals surface area contributed by atoms with Gasteiger partial charge in [-0.1, -0.05) is 18.0 Å². The second-order valence-electron chi connectivity index (χ2n) is 4.96. The molecule has 0 bridgehead atoms. The van der Waals surface area contributed by atoms with Crippen LogP contribution in [-0.4, -0.2) is 25.1 Å². The van der Waals surface area contributed by atoms with E-state index in [9.17, 15) is 9.18 Å². The number of nitrogens with two attached hydrogens (primary N) is 1. The molecule has 1 aliphatic carbocycles. The number of carbonyl (C=O) groups excluding carboxylic acids is 1. The van der Waals surface area contributed by atoms with Gasteiger partial charge in [0.1, 0.15) is 11.6 Å². The highest BCUT2D eigenvalue weighted by Gasteiger charge is 2.27. The minimum atomic E-state index is -0.441. The normalized spacial score (nSPS) is 21.8. The van der Waals surface area contributed by atoms with Crippen LogP contribution in [0.1, 0.15) is 19.3 Å². The minimum absolute atomic E-state index is 0.125. The molecule has 0 heterocycles. The third-order valence-electron chi connectivity index (χ3n) is 3.56. The van der Waals surface area contributed by atoms with Crippen molar-refractivity contribution < 1.29 is 13.9 Å². The fourth-order valence-electron chi connectivity index (χ4n) is 2.49. The molecule has 3 N–H and O–H groups in total. The van der Waals surface area contributed by atoms with Gasteiger partial charge in [0.25, 0.3) is 5.91 Å². The summed E-state index contributed by atoms with van der Waals surface area (Å²) >= 11 is 5.82. The summed E-state index contributed by atoms with van der Waals surface area (Å²) in [4.78, 5) is 11.8. The van der Waals surface area contributed by atoms with E-state index >= 15 is 0 Å². The van der Waals surface area contributed by atoms with Crippen molar-refractivity contribution in [3.8, 4) is 5.75 Å². The number of halogens is 2. The van der Waals surface area contributed by atoms with Gasteiger partial charge in [-0.05, 0) is 43.5 Å². The average Bonchev–Trinajstić information content (AvgIpc) is 2.85. The zero-order valence-corrected chi connectivity index (χ0v) is 11.8. The number of hydrogen-bond donors (Lipinski definition) is 2. The Bertz CT molecular complexity index is 484. The Kier molecular flexibility index (Phi) is 5.20. The number of benzene rings is 1. The van der Waals surface area contributed by atoms with E-state index in [1.54, 1.807) is 0 Å². The maximum atomic E-state index is 12.9. The molecule has 0 aliphatic heterocycles. The van der Waals surface area contributed by atoms with Gasteiger partial charge in [-0.25, -0.2) is 4.39 Å². The van der Waals surface area contributed by atoms with Crippen molar-refractivity contribution in [1.82, 2.24) is 5.32 Å². The molecule has 2 atom stereocenters. The van der Waals surface area contributed by atoms with Gasteiger partial charge in [0.2, 0.25) is 0 Å². The standard InChI is InChI=1S/C14H18ClFN2O2/c15-11-6-10(16)4-5-13(11)20-8-14(19)18-12-3-1-2-9(12)7-17/h4-6,9,12H,1-3,7-8,17H2,(H,18,19). The molecular formula is C14H18ClFN2O2. The average molecular weight is 301 g/mol. The predicted molar refractivity (Wildman–Crippen MR) is 75.2 cm³/mol. The molecule has 1 aromatic rings. The molecule has 0 saturated heterocycles. The van der Waals surface area contributed by atoms with Crippen molar-refractivity contribution in [3.63, 3.8) is 0 Å². The zero-order valence-electron chi connectivity index (χ0n) is 11.1. The van der Waals surface area contributed by atoms with E-state index < -0.39 is 5.82 Å². The molecule has 110 valence electrons. The maximum Gasteiger partial charge on any atom is 0.258 e. The fourth-order valence-corrected chi connectivity index (χ4v) is 2.71. The van der Waals surface area contributed by atoms with Crippen molar-refractivity contribution in [2.75, 3.05) is 13.2 Å². The number of rotatable bonds is 5. The summed E-state index contributed by atoms with van der Waals surface area (Å²) in [5.41, 5.74) is 5.66. The van der Waals surface area contributed by atoms with Crippen LogP contribution in [0.2, 0.25) is 5.02 Å². The molecule has 4 nitrogen and oxygen atoms in total. The molecule has 0 spiro atoms. The van der Waals surface area contributed by atoms with E-state index in [0.717, 1.165) is 25.3 Å². The molecule has 1 aromatic carbocycles. The molecule has 0 aromatic heterocycles. The lowest BCUT2D eigenvalue weighted by Crippen LogP contribution is -2.42. The second-order valence-corrected chi connectivity index (χ2v) is 5.37. The van der Waals surface area contributed by atoms with Crippen LogP contribution in [-0.2, 0) is 4.79 Å². The van der Waals surface area contributed by atoms with E-state index in [2.05, 4.69) is 5.32 Å². The summed E-state index contributed by atoms with van der Waals surface area (Å²) in [6, 6.07) is 3.92. The molecule has 20 heavy (non-hydrogen) atoms. The Morgan fingerprint density at radius 3 is 3.00 bits per heavy atom. The van der Waals surface area contributed by atoms with Gasteiger partial charge >= 0.3 is 0 Å². The lowest BCUT2D eigenvalue weighted by atomic mass is 10.0. The number of carbonyl (C=O) groups is 1. The van der Waals surface area contributed by atoms with Gasteiger partial charge in [-0.3, -0.25) is 4.79 Å². The number of nitrogens with one attached hydrogen (secondary N) is 1. The molecule has 1 saturated carbocycles. The molecule has 2 unspecified atom stereocenters. The highest BCUT2D eigenvalue weighted by molar-refractivity contribution is 6.32. The van der Waals surface area contributed by atoms with Crippen LogP contribution >= 0.6 is 11.6 Å². The molecule has 1 fully saturated rings. The quantitative estimate of drug-likeness (QED) is 0.875. The van der Waals surface area contributed by atoms with Crippen LogP contribution in [0, 0.1) is 11.7 Å². The van der Waals surface area contributed by atoms with Gasteiger partial charge in [0.05, 0.1) is 5.02 Å². The van der Waals surface area contributed by atoms with Gasteiger partial charge in [-0.2, -0.15) is 0 Å².